The highest BCUT2D eigenvalue weighted by molar-refractivity contribution is 5.75. The van der Waals surface area contributed by atoms with Crippen LogP contribution < -0.4 is 15.0 Å². The molecule has 1 N–H and O–H groups in total. The van der Waals surface area contributed by atoms with Gasteiger partial charge in [0.25, 0.3) is 0 Å². The lowest BCUT2D eigenvalue weighted by molar-refractivity contribution is 0.356. The number of nitrogens with zero attached hydrogens (tertiary/aromatic N) is 7. The summed E-state index contributed by atoms with van der Waals surface area (Å²) in [5, 5.41) is 15.7. The minimum Gasteiger partial charge on any atom is -0.493 e. The van der Waals surface area contributed by atoms with Crippen molar-refractivity contribution in [2.75, 3.05) is 23.9 Å². The van der Waals surface area contributed by atoms with Crippen molar-refractivity contribution in [1.82, 2.24) is 29.4 Å². The fourth-order valence-corrected chi connectivity index (χ4v) is 3.57. The number of ether oxygens (including phenoxy) is 1. The van der Waals surface area contributed by atoms with Crippen molar-refractivity contribution < 1.29 is 9.13 Å². The zero-order valence-corrected chi connectivity index (χ0v) is 16.0. The number of hydrogen-bond donors (Lipinski definition) is 1. The number of aromatic nitrogens is 6. The van der Waals surface area contributed by atoms with E-state index in [1.807, 2.05) is 25.2 Å². The highest BCUT2D eigenvalue weighted by Gasteiger charge is 2.20. The van der Waals surface area contributed by atoms with Crippen LogP contribution in [0, 0.1) is 5.82 Å². The van der Waals surface area contributed by atoms with Crippen LogP contribution in [0.15, 0.2) is 37.1 Å². The van der Waals surface area contributed by atoms with Crippen molar-refractivity contribution in [3.63, 3.8) is 0 Å². The number of anilines is 3. The molecule has 0 unspecified atom stereocenters. The predicted octanol–water partition coefficient (Wildman–Crippen LogP) is 2.31. The molecule has 0 saturated heterocycles. The Hall–Kier alpha value is -3.69. The second kappa shape index (κ2) is 6.73. The van der Waals surface area contributed by atoms with Gasteiger partial charge in [-0.05, 0) is 12.1 Å². The first-order valence-electron chi connectivity index (χ1n) is 9.20. The van der Waals surface area contributed by atoms with Crippen LogP contribution in [0.1, 0.15) is 11.1 Å². The third-order valence-corrected chi connectivity index (χ3v) is 5.12. The molecule has 29 heavy (non-hydrogen) atoms. The molecule has 0 atom stereocenters. The molecule has 0 radical (unpaired) electrons. The maximum Gasteiger partial charge on any atom is 0.210 e. The van der Waals surface area contributed by atoms with Gasteiger partial charge in [-0.1, -0.05) is 0 Å². The van der Waals surface area contributed by atoms with E-state index in [9.17, 15) is 4.39 Å². The van der Waals surface area contributed by atoms with Crippen molar-refractivity contribution >= 4 is 23.0 Å². The maximum atomic E-state index is 14.4. The number of fused-ring (bicyclic) bond motifs is 2. The highest BCUT2D eigenvalue weighted by Crippen LogP contribution is 2.31. The monoisotopic (exact) mass is 394 g/mol. The van der Waals surface area contributed by atoms with Gasteiger partial charge in [-0.15, -0.1) is 10.2 Å². The predicted molar refractivity (Wildman–Crippen MR) is 105 cm³/mol. The number of benzene rings is 1. The van der Waals surface area contributed by atoms with E-state index in [-0.39, 0.29) is 12.4 Å². The number of aryl methyl sites for hydroxylation is 1. The summed E-state index contributed by atoms with van der Waals surface area (Å²) in [6.07, 6.45) is 7.67. The Morgan fingerprint density at radius 3 is 3.03 bits per heavy atom. The second-order valence-corrected chi connectivity index (χ2v) is 6.88. The van der Waals surface area contributed by atoms with Crippen LogP contribution in [0.25, 0.3) is 5.65 Å². The Labute approximate surface area is 165 Å². The fraction of sp³-hybridized carbons (Fsp3) is 0.263. The van der Waals surface area contributed by atoms with E-state index in [0.717, 1.165) is 22.7 Å². The van der Waals surface area contributed by atoms with Gasteiger partial charge in [-0.25, -0.2) is 13.8 Å². The molecule has 0 amide bonds. The summed E-state index contributed by atoms with van der Waals surface area (Å²) in [7, 11) is 3.78. The van der Waals surface area contributed by atoms with Crippen molar-refractivity contribution in [2.45, 2.75) is 13.0 Å². The van der Waals surface area contributed by atoms with Gasteiger partial charge in [0.05, 0.1) is 24.7 Å². The first-order valence-corrected chi connectivity index (χ1v) is 9.20. The minimum atomic E-state index is -0.255. The van der Waals surface area contributed by atoms with E-state index in [1.165, 1.54) is 6.07 Å². The Morgan fingerprint density at radius 2 is 2.21 bits per heavy atom. The molecule has 10 heteroatoms. The molecule has 9 nitrogen and oxygen atoms in total. The second-order valence-electron chi connectivity index (χ2n) is 6.88. The molecule has 1 aliphatic heterocycles. The van der Waals surface area contributed by atoms with Gasteiger partial charge in [-0.3, -0.25) is 4.68 Å². The molecule has 5 rings (SSSR count). The fourth-order valence-electron chi connectivity index (χ4n) is 3.57. The number of rotatable bonds is 5. The average molecular weight is 394 g/mol. The molecule has 4 heterocycles. The third-order valence-electron chi connectivity index (χ3n) is 5.12. The lowest BCUT2D eigenvalue weighted by Gasteiger charge is -2.18. The molecule has 3 aromatic heterocycles. The smallest absolute Gasteiger partial charge is 0.210 e. The van der Waals surface area contributed by atoms with Crippen LogP contribution in [0.5, 0.6) is 5.75 Å². The van der Waals surface area contributed by atoms with Crippen molar-refractivity contribution in [1.29, 1.82) is 0 Å². The summed E-state index contributed by atoms with van der Waals surface area (Å²) in [5.41, 5.74) is 3.82. The summed E-state index contributed by atoms with van der Waals surface area (Å²) in [6, 6.07) is 3.12. The van der Waals surface area contributed by atoms with E-state index in [1.54, 1.807) is 33.9 Å². The molecule has 0 aliphatic carbocycles. The number of nitrogens with one attached hydrogen (secondary N) is 1. The zero-order chi connectivity index (χ0) is 20.0. The summed E-state index contributed by atoms with van der Waals surface area (Å²) in [4.78, 5) is 6.46. The summed E-state index contributed by atoms with van der Waals surface area (Å²) >= 11 is 0. The Balaban J connectivity index is 1.46. The first-order chi connectivity index (χ1) is 14.1. The molecule has 0 bridgehead atoms. The lowest BCUT2D eigenvalue weighted by atomic mass is 10.0. The van der Waals surface area contributed by atoms with Gasteiger partial charge in [0.2, 0.25) is 5.95 Å². The molecule has 4 aromatic rings. The van der Waals surface area contributed by atoms with Crippen LogP contribution in [0.3, 0.4) is 0 Å². The van der Waals surface area contributed by atoms with Gasteiger partial charge in [0.15, 0.2) is 5.65 Å². The Morgan fingerprint density at radius 1 is 1.31 bits per heavy atom. The van der Waals surface area contributed by atoms with Gasteiger partial charge in [0.1, 0.15) is 23.6 Å². The van der Waals surface area contributed by atoms with Crippen LogP contribution in [0.4, 0.5) is 21.7 Å². The number of hydrogen-bond acceptors (Lipinski definition) is 7. The van der Waals surface area contributed by atoms with Crippen LogP contribution in [0.2, 0.25) is 0 Å². The van der Waals surface area contributed by atoms with Crippen LogP contribution in [-0.2, 0) is 20.0 Å². The SMILES string of the molecule is CN(c1cnn(C)c1)c1cnc(NCc2c(F)ccc3c2CCO3)n2cnnc12. The van der Waals surface area contributed by atoms with E-state index < -0.39 is 0 Å². The lowest BCUT2D eigenvalue weighted by Crippen LogP contribution is -2.14. The van der Waals surface area contributed by atoms with E-state index in [4.69, 9.17) is 4.74 Å². The normalized spacial score (nSPS) is 12.8. The van der Waals surface area contributed by atoms with Gasteiger partial charge >= 0.3 is 0 Å². The average Bonchev–Trinajstić information content (AvgIpc) is 3.46. The molecular formula is C19H19FN8O. The largest absolute Gasteiger partial charge is 0.493 e. The van der Waals surface area contributed by atoms with Crippen LogP contribution >= 0.6 is 0 Å². The summed E-state index contributed by atoms with van der Waals surface area (Å²) in [5.74, 6) is 1.03. The molecule has 0 saturated carbocycles. The van der Waals surface area contributed by atoms with Gasteiger partial charge in [-0.2, -0.15) is 5.10 Å². The molecule has 148 valence electrons. The van der Waals surface area contributed by atoms with Crippen molar-refractivity contribution in [3.05, 3.63) is 54.0 Å². The summed E-state index contributed by atoms with van der Waals surface area (Å²) < 4.78 is 23.4. The van der Waals surface area contributed by atoms with Crippen molar-refractivity contribution in [2.24, 2.45) is 7.05 Å². The molecule has 0 spiro atoms. The Kier molecular flexibility index (Phi) is 4.04. The molecular weight excluding hydrogens is 375 g/mol. The third kappa shape index (κ3) is 2.93. The quantitative estimate of drug-likeness (QED) is 0.556. The zero-order valence-electron chi connectivity index (χ0n) is 16.0. The van der Waals surface area contributed by atoms with E-state index >= 15 is 0 Å². The van der Waals surface area contributed by atoms with E-state index in [2.05, 4.69) is 25.6 Å². The van der Waals surface area contributed by atoms with Gasteiger partial charge in [0, 0.05) is 44.4 Å². The first kappa shape index (κ1) is 17.4. The molecule has 1 aromatic carbocycles. The molecule has 1 aliphatic rings. The number of halogens is 1. The Bertz CT molecular complexity index is 1200. The molecule has 0 fully saturated rings. The van der Waals surface area contributed by atoms with Gasteiger partial charge < -0.3 is 15.0 Å². The topological polar surface area (TPSA) is 85.4 Å². The maximum absolute atomic E-state index is 14.4. The van der Waals surface area contributed by atoms with Crippen molar-refractivity contribution in [3.8, 4) is 5.75 Å². The highest BCUT2D eigenvalue weighted by atomic mass is 19.1. The standard InChI is InChI=1S/C19H19FN8O/c1-26-10-12(7-24-26)27(2)16-9-22-19(28-11-23-25-18(16)28)21-8-14-13-5-6-29-17(13)4-3-15(14)20/h3-4,7,9-11H,5-6,8H2,1-2H3,(H,21,22). The summed E-state index contributed by atoms with van der Waals surface area (Å²) in [6.45, 7) is 0.867. The van der Waals surface area contributed by atoms with Crippen LogP contribution in [-0.4, -0.2) is 43.0 Å². The minimum absolute atomic E-state index is 0.255. The van der Waals surface area contributed by atoms with E-state index in [0.29, 0.717) is 30.2 Å².